The molecule has 1 aromatic heterocycles. The first-order valence-corrected chi connectivity index (χ1v) is 9.11. The molecule has 1 amide bonds. The van der Waals surface area contributed by atoms with Crippen LogP contribution in [0.5, 0.6) is 0 Å². The van der Waals surface area contributed by atoms with Gasteiger partial charge in [0.25, 0.3) is 0 Å². The summed E-state index contributed by atoms with van der Waals surface area (Å²) in [5.41, 5.74) is 0.660. The Morgan fingerprint density at radius 2 is 1.72 bits per heavy atom. The Kier molecular flexibility index (Phi) is 14.9. The van der Waals surface area contributed by atoms with E-state index < -0.39 is 12.0 Å². The number of aromatic nitrogens is 2. The Labute approximate surface area is 172 Å². The molecule has 25 heavy (non-hydrogen) atoms. The topological polar surface area (TPSA) is 97.9 Å². The SMILES string of the molecule is CCCCCCCCCCCC(=O)N[C@@H](Cc1cnc[nH]1)C(=O)[O-].[Na+]. The number of carboxylic acid groups (broad SMARTS) is 1. The van der Waals surface area contributed by atoms with Gasteiger partial charge in [0.15, 0.2) is 0 Å². The van der Waals surface area contributed by atoms with Crippen molar-refractivity contribution in [1.29, 1.82) is 0 Å². The normalized spacial score (nSPS) is 11.6. The van der Waals surface area contributed by atoms with Crippen LogP contribution in [0.1, 0.15) is 76.8 Å². The average Bonchev–Trinajstić information content (AvgIpc) is 3.05. The van der Waals surface area contributed by atoms with Crippen LogP contribution in [0.3, 0.4) is 0 Å². The van der Waals surface area contributed by atoms with Gasteiger partial charge in [0.2, 0.25) is 5.91 Å². The third-order valence-electron chi connectivity index (χ3n) is 4.11. The van der Waals surface area contributed by atoms with E-state index in [4.69, 9.17) is 0 Å². The Morgan fingerprint density at radius 3 is 2.24 bits per heavy atom. The predicted molar refractivity (Wildman–Crippen MR) is 91.1 cm³/mol. The van der Waals surface area contributed by atoms with Crippen molar-refractivity contribution in [3.8, 4) is 0 Å². The zero-order chi connectivity index (χ0) is 17.6. The number of carbonyl (C=O) groups excluding carboxylic acids is 2. The van der Waals surface area contributed by atoms with Crippen molar-refractivity contribution in [3.05, 3.63) is 18.2 Å². The molecule has 0 bridgehead atoms. The summed E-state index contributed by atoms with van der Waals surface area (Å²) in [7, 11) is 0. The molecule has 0 aliphatic rings. The fourth-order valence-corrected chi connectivity index (χ4v) is 2.67. The summed E-state index contributed by atoms with van der Waals surface area (Å²) in [6.07, 6.45) is 14.2. The Bertz CT molecular complexity index is 466. The summed E-state index contributed by atoms with van der Waals surface area (Å²) >= 11 is 0. The monoisotopic (exact) mass is 359 g/mol. The molecule has 1 rings (SSSR count). The second-order valence-electron chi connectivity index (χ2n) is 6.30. The molecule has 0 saturated heterocycles. The number of nitrogens with one attached hydrogen (secondary N) is 2. The summed E-state index contributed by atoms with van der Waals surface area (Å²) in [5, 5.41) is 13.7. The summed E-state index contributed by atoms with van der Waals surface area (Å²) in [6, 6.07) is -1.02. The van der Waals surface area contributed by atoms with Gasteiger partial charge in [0.05, 0.1) is 18.3 Å². The van der Waals surface area contributed by atoms with Crippen molar-refractivity contribution in [1.82, 2.24) is 15.3 Å². The van der Waals surface area contributed by atoms with E-state index in [0.717, 1.165) is 19.3 Å². The standard InChI is InChI=1S/C18H31N3O3.Na/c1-2-3-4-5-6-7-8-9-10-11-17(22)21-16(18(23)24)12-15-13-19-14-20-15;/h13-14,16H,2-12H2,1H3,(H,19,20)(H,21,22)(H,23,24);/q;+1/p-1/t16-;/m0./s1. The number of aliphatic carboxylic acids is 1. The van der Waals surface area contributed by atoms with Crippen molar-refractivity contribution in [3.63, 3.8) is 0 Å². The Hall–Kier alpha value is -0.850. The Balaban J connectivity index is 0.00000576. The number of carbonyl (C=O) groups is 2. The first-order valence-electron chi connectivity index (χ1n) is 9.11. The number of rotatable bonds is 14. The Morgan fingerprint density at radius 1 is 1.12 bits per heavy atom. The summed E-state index contributed by atoms with van der Waals surface area (Å²) in [5.74, 6) is -1.50. The molecule has 1 aromatic rings. The first-order chi connectivity index (χ1) is 11.6. The minimum Gasteiger partial charge on any atom is -0.548 e. The quantitative estimate of drug-likeness (QED) is 0.333. The van der Waals surface area contributed by atoms with Crippen molar-refractivity contribution < 1.29 is 44.3 Å². The van der Waals surface area contributed by atoms with Crippen LogP contribution in [0.25, 0.3) is 0 Å². The first kappa shape index (κ1) is 24.1. The van der Waals surface area contributed by atoms with Crippen LogP contribution >= 0.6 is 0 Å². The molecular weight excluding hydrogens is 329 g/mol. The molecule has 0 spiro atoms. The van der Waals surface area contributed by atoms with Gasteiger partial charge in [-0.15, -0.1) is 0 Å². The van der Waals surface area contributed by atoms with E-state index in [-0.39, 0.29) is 41.9 Å². The van der Waals surface area contributed by atoms with Gasteiger partial charge in [0, 0.05) is 24.7 Å². The van der Waals surface area contributed by atoms with E-state index in [9.17, 15) is 14.7 Å². The van der Waals surface area contributed by atoms with Crippen molar-refractivity contribution in [2.45, 2.75) is 83.6 Å². The second-order valence-corrected chi connectivity index (χ2v) is 6.30. The maximum Gasteiger partial charge on any atom is 1.00 e. The van der Waals surface area contributed by atoms with E-state index in [1.54, 1.807) is 6.20 Å². The fourth-order valence-electron chi connectivity index (χ4n) is 2.67. The molecule has 7 heteroatoms. The number of amides is 1. The maximum absolute atomic E-state index is 11.9. The number of H-pyrrole nitrogens is 1. The number of imidazole rings is 1. The summed E-state index contributed by atoms with van der Waals surface area (Å²) < 4.78 is 0. The molecule has 1 heterocycles. The van der Waals surface area contributed by atoms with Gasteiger partial charge in [-0.05, 0) is 6.42 Å². The number of hydrogen-bond donors (Lipinski definition) is 2. The van der Waals surface area contributed by atoms with Gasteiger partial charge in [-0.1, -0.05) is 58.3 Å². The molecule has 2 N–H and O–H groups in total. The van der Waals surface area contributed by atoms with E-state index in [2.05, 4.69) is 22.2 Å². The van der Waals surface area contributed by atoms with Crippen molar-refractivity contribution in [2.75, 3.05) is 0 Å². The summed E-state index contributed by atoms with van der Waals surface area (Å²) in [4.78, 5) is 29.7. The van der Waals surface area contributed by atoms with Gasteiger partial charge in [-0.3, -0.25) is 4.79 Å². The maximum atomic E-state index is 11.9. The molecule has 0 aliphatic carbocycles. The van der Waals surface area contributed by atoms with Crippen LogP contribution in [-0.2, 0) is 16.0 Å². The zero-order valence-electron chi connectivity index (χ0n) is 15.7. The fraction of sp³-hybridized carbons (Fsp3) is 0.722. The molecule has 6 nitrogen and oxygen atoms in total. The van der Waals surface area contributed by atoms with E-state index in [1.165, 1.54) is 44.9 Å². The molecule has 0 unspecified atom stereocenters. The van der Waals surface area contributed by atoms with Gasteiger partial charge in [-0.2, -0.15) is 0 Å². The number of carboxylic acids is 1. The minimum atomic E-state index is -1.27. The predicted octanol–water partition coefficient (Wildman–Crippen LogP) is -0.888. The van der Waals surface area contributed by atoms with E-state index in [0.29, 0.717) is 12.1 Å². The molecule has 1 atom stereocenters. The molecule has 136 valence electrons. The molecule has 0 aliphatic heterocycles. The smallest absolute Gasteiger partial charge is 0.548 e. The molecule has 0 radical (unpaired) electrons. The third-order valence-corrected chi connectivity index (χ3v) is 4.11. The van der Waals surface area contributed by atoms with E-state index in [1.807, 2.05) is 0 Å². The van der Waals surface area contributed by atoms with Crippen LogP contribution in [0.15, 0.2) is 12.5 Å². The van der Waals surface area contributed by atoms with Crippen LogP contribution in [0.4, 0.5) is 0 Å². The van der Waals surface area contributed by atoms with Gasteiger partial charge < -0.3 is 20.2 Å². The van der Waals surface area contributed by atoms with Crippen LogP contribution in [-0.4, -0.2) is 27.9 Å². The van der Waals surface area contributed by atoms with E-state index >= 15 is 0 Å². The second kappa shape index (κ2) is 15.4. The molecular formula is C18H30N3NaO3. The van der Waals surface area contributed by atoms with Gasteiger partial charge in [-0.25, -0.2) is 4.98 Å². The van der Waals surface area contributed by atoms with Crippen molar-refractivity contribution >= 4 is 11.9 Å². The number of hydrogen-bond acceptors (Lipinski definition) is 4. The van der Waals surface area contributed by atoms with Gasteiger partial charge >= 0.3 is 29.6 Å². The largest absolute Gasteiger partial charge is 1.00 e. The summed E-state index contributed by atoms with van der Waals surface area (Å²) in [6.45, 7) is 2.21. The third kappa shape index (κ3) is 12.2. The molecule has 0 saturated carbocycles. The van der Waals surface area contributed by atoms with Crippen LogP contribution in [0, 0.1) is 0 Å². The molecule has 0 fully saturated rings. The van der Waals surface area contributed by atoms with Crippen LogP contribution < -0.4 is 40.0 Å². The number of aromatic amines is 1. The molecule has 0 aromatic carbocycles. The number of nitrogens with zero attached hydrogens (tertiary/aromatic N) is 1. The average molecular weight is 359 g/mol. The number of unbranched alkanes of at least 4 members (excludes halogenated alkanes) is 8. The van der Waals surface area contributed by atoms with Crippen LogP contribution in [0.2, 0.25) is 0 Å². The van der Waals surface area contributed by atoms with Gasteiger partial charge in [0.1, 0.15) is 0 Å². The van der Waals surface area contributed by atoms with Crippen molar-refractivity contribution in [2.24, 2.45) is 0 Å². The minimum absolute atomic E-state index is 0. The zero-order valence-corrected chi connectivity index (χ0v) is 17.7.